The number of anilines is 2. The van der Waals surface area contributed by atoms with Crippen LogP contribution in [0, 0.1) is 6.92 Å². The van der Waals surface area contributed by atoms with Crippen LogP contribution in [0.5, 0.6) is 0 Å². The van der Waals surface area contributed by atoms with Gasteiger partial charge in [-0.25, -0.2) is 0 Å². The SMILES string of the molecule is Cc1ccc2c(c1Cl)NCN2C/C=C/[C@H]1NCCC[C@@H]1O. The van der Waals surface area contributed by atoms with E-state index in [9.17, 15) is 5.11 Å². The zero-order chi connectivity index (χ0) is 14.8. The Morgan fingerprint density at radius 3 is 3.14 bits per heavy atom. The maximum Gasteiger partial charge on any atom is 0.0881 e. The third kappa shape index (κ3) is 3.03. The summed E-state index contributed by atoms with van der Waals surface area (Å²) in [4.78, 5) is 2.24. The predicted molar refractivity (Wildman–Crippen MR) is 88.2 cm³/mol. The molecule has 1 aromatic rings. The molecule has 2 aliphatic heterocycles. The molecule has 1 fully saturated rings. The number of aliphatic hydroxyl groups excluding tert-OH is 1. The van der Waals surface area contributed by atoms with E-state index >= 15 is 0 Å². The van der Waals surface area contributed by atoms with Crippen molar-refractivity contribution in [2.24, 2.45) is 0 Å². The van der Waals surface area contributed by atoms with Crippen molar-refractivity contribution in [3.8, 4) is 0 Å². The van der Waals surface area contributed by atoms with Gasteiger partial charge in [0.1, 0.15) is 0 Å². The normalized spacial score (nSPS) is 25.2. The maximum absolute atomic E-state index is 9.93. The van der Waals surface area contributed by atoms with E-state index in [0.29, 0.717) is 0 Å². The number of fused-ring (bicyclic) bond motifs is 1. The van der Waals surface area contributed by atoms with Crippen LogP contribution in [0.2, 0.25) is 5.02 Å². The van der Waals surface area contributed by atoms with Gasteiger partial charge in [0.2, 0.25) is 0 Å². The first-order valence-electron chi connectivity index (χ1n) is 7.53. The van der Waals surface area contributed by atoms with Gasteiger partial charge in [-0.05, 0) is 37.9 Å². The van der Waals surface area contributed by atoms with E-state index < -0.39 is 0 Å². The Hall–Kier alpha value is -1.23. The molecule has 2 heterocycles. The summed E-state index contributed by atoms with van der Waals surface area (Å²) in [6.07, 6.45) is 5.86. The van der Waals surface area contributed by atoms with Crippen LogP contribution in [0.4, 0.5) is 11.4 Å². The lowest BCUT2D eigenvalue weighted by atomic mass is 10.0. The van der Waals surface area contributed by atoms with E-state index in [4.69, 9.17) is 11.6 Å². The van der Waals surface area contributed by atoms with E-state index in [1.54, 1.807) is 0 Å². The Morgan fingerprint density at radius 1 is 1.48 bits per heavy atom. The van der Waals surface area contributed by atoms with Gasteiger partial charge >= 0.3 is 0 Å². The van der Waals surface area contributed by atoms with Gasteiger partial charge in [0.05, 0.1) is 35.2 Å². The summed E-state index contributed by atoms with van der Waals surface area (Å²) in [6, 6.07) is 4.24. The second-order valence-electron chi connectivity index (χ2n) is 5.77. The number of hydrogen-bond acceptors (Lipinski definition) is 4. The first kappa shape index (κ1) is 14.7. The fourth-order valence-electron chi connectivity index (χ4n) is 2.95. The summed E-state index contributed by atoms with van der Waals surface area (Å²) >= 11 is 6.33. The lowest BCUT2D eigenvalue weighted by molar-refractivity contribution is 0.115. The van der Waals surface area contributed by atoms with Gasteiger partial charge < -0.3 is 20.6 Å². The topological polar surface area (TPSA) is 47.5 Å². The van der Waals surface area contributed by atoms with E-state index in [-0.39, 0.29) is 12.1 Å². The molecule has 0 bridgehead atoms. The summed E-state index contributed by atoms with van der Waals surface area (Å²) in [7, 11) is 0. The number of benzene rings is 1. The van der Waals surface area contributed by atoms with Crippen LogP contribution in [0.25, 0.3) is 0 Å². The highest BCUT2D eigenvalue weighted by Crippen LogP contribution is 2.39. The molecule has 0 aliphatic carbocycles. The van der Waals surface area contributed by atoms with Crippen molar-refractivity contribution in [1.82, 2.24) is 5.32 Å². The molecule has 0 unspecified atom stereocenters. The first-order chi connectivity index (χ1) is 10.2. The minimum Gasteiger partial charge on any atom is -0.391 e. The highest BCUT2D eigenvalue weighted by atomic mass is 35.5. The van der Waals surface area contributed by atoms with Gasteiger partial charge in [-0.15, -0.1) is 0 Å². The molecule has 0 amide bonds. The highest BCUT2D eigenvalue weighted by Gasteiger charge is 2.22. The third-order valence-electron chi connectivity index (χ3n) is 4.24. The second-order valence-corrected chi connectivity index (χ2v) is 6.14. The minimum absolute atomic E-state index is 0.0791. The predicted octanol–water partition coefficient (Wildman–Crippen LogP) is 2.51. The van der Waals surface area contributed by atoms with Crippen molar-refractivity contribution in [3.63, 3.8) is 0 Å². The van der Waals surface area contributed by atoms with E-state index in [1.165, 1.54) is 0 Å². The van der Waals surface area contributed by atoms with Crippen LogP contribution in [0.15, 0.2) is 24.3 Å². The van der Waals surface area contributed by atoms with Crippen molar-refractivity contribution < 1.29 is 5.11 Å². The molecule has 1 saturated heterocycles. The first-order valence-corrected chi connectivity index (χ1v) is 7.90. The van der Waals surface area contributed by atoms with E-state index in [0.717, 1.165) is 54.6 Å². The Morgan fingerprint density at radius 2 is 2.33 bits per heavy atom. The smallest absolute Gasteiger partial charge is 0.0881 e. The zero-order valence-electron chi connectivity index (χ0n) is 12.3. The van der Waals surface area contributed by atoms with Crippen LogP contribution in [0.1, 0.15) is 18.4 Å². The monoisotopic (exact) mass is 307 g/mol. The number of rotatable bonds is 3. The van der Waals surface area contributed by atoms with Crippen LogP contribution in [0.3, 0.4) is 0 Å². The number of aliphatic hydroxyl groups is 1. The molecule has 0 spiro atoms. The van der Waals surface area contributed by atoms with Gasteiger partial charge in [-0.3, -0.25) is 0 Å². The van der Waals surface area contributed by atoms with E-state index in [1.807, 2.05) is 6.92 Å². The summed E-state index contributed by atoms with van der Waals surface area (Å²) in [6.45, 7) is 4.58. The lowest BCUT2D eigenvalue weighted by Crippen LogP contribution is -2.43. The minimum atomic E-state index is -0.268. The Kier molecular flexibility index (Phi) is 4.38. The quantitative estimate of drug-likeness (QED) is 0.751. The van der Waals surface area contributed by atoms with Crippen molar-refractivity contribution in [1.29, 1.82) is 0 Å². The fraction of sp³-hybridized carbons (Fsp3) is 0.500. The van der Waals surface area contributed by atoms with Gasteiger partial charge in [-0.2, -0.15) is 0 Å². The molecule has 4 nitrogen and oxygen atoms in total. The average molecular weight is 308 g/mol. The van der Waals surface area contributed by atoms with Crippen molar-refractivity contribution >= 4 is 23.0 Å². The number of nitrogens with zero attached hydrogens (tertiary/aromatic N) is 1. The molecule has 3 N–H and O–H groups in total. The zero-order valence-corrected chi connectivity index (χ0v) is 13.0. The molecule has 21 heavy (non-hydrogen) atoms. The highest BCUT2D eigenvalue weighted by molar-refractivity contribution is 6.34. The number of hydrogen-bond donors (Lipinski definition) is 3. The molecule has 0 radical (unpaired) electrons. The molecule has 0 aromatic heterocycles. The van der Waals surface area contributed by atoms with Crippen LogP contribution < -0.4 is 15.5 Å². The largest absolute Gasteiger partial charge is 0.391 e. The average Bonchev–Trinajstić information content (AvgIpc) is 2.89. The van der Waals surface area contributed by atoms with Gasteiger partial charge in [0.25, 0.3) is 0 Å². The fourth-order valence-corrected chi connectivity index (χ4v) is 3.18. The number of aryl methyl sites for hydroxylation is 1. The Labute approximate surface area is 130 Å². The summed E-state index contributed by atoms with van der Waals surface area (Å²) < 4.78 is 0. The molecule has 114 valence electrons. The summed E-state index contributed by atoms with van der Waals surface area (Å²) in [5.41, 5.74) is 3.27. The number of nitrogens with one attached hydrogen (secondary N) is 2. The second kappa shape index (κ2) is 6.26. The summed E-state index contributed by atoms with van der Waals surface area (Å²) in [5.74, 6) is 0. The Balaban J connectivity index is 1.64. The maximum atomic E-state index is 9.93. The standard InChI is InChI=1S/C16H22ClN3O/c1-11-6-7-13-16(15(11)17)19-10-20(13)9-3-4-12-14(21)5-2-8-18-12/h3-4,6-7,12,14,18-19,21H,2,5,8-10H2,1H3/b4-3+/t12-,14+/m1/s1. The Bertz CT molecular complexity index is 547. The van der Waals surface area contributed by atoms with Crippen molar-refractivity contribution in [2.45, 2.75) is 31.9 Å². The van der Waals surface area contributed by atoms with Crippen LogP contribution in [-0.4, -0.2) is 37.0 Å². The molecular formula is C16H22ClN3O. The lowest BCUT2D eigenvalue weighted by Gasteiger charge is -2.26. The molecule has 3 rings (SSSR count). The molecule has 0 saturated carbocycles. The van der Waals surface area contributed by atoms with Crippen molar-refractivity contribution in [3.05, 3.63) is 34.9 Å². The molecule has 2 aliphatic rings. The van der Waals surface area contributed by atoms with Crippen molar-refractivity contribution in [2.75, 3.05) is 30.0 Å². The van der Waals surface area contributed by atoms with E-state index in [2.05, 4.69) is 39.8 Å². The van der Waals surface area contributed by atoms with Gasteiger partial charge in [0.15, 0.2) is 0 Å². The van der Waals surface area contributed by atoms with Crippen LogP contribution in [-0.2, 0) is 0 Å². The van der Waals surface area contributed by atoms with Crippen LogP contribution >= 0.6 is 11.6 Å². The molecule has 2 atom stereocenters. The van der Waals surface area contributed by atoms with Gasteiger partial charge in [-0.1, -0.05) is 29.8 Å². The molecular weight excluding hydrogens is 286 g/mol. The summed E-state index contributed by atoms with van der Waals surface area (Å²) in [5, 5.41) is 17.4. The number of halogens is 1. The third-order valence-corrected chi connectivity index (χ3v) is 4.73. The number of piperidine rings is 1. The molecule has 5 heteroatoms. The van der Waals surface area contributed by atoms with Gasteiger partial charge in [0, 0.05) is 6.54 Å². The molecule has 1 aromatic carbocycles.